The molecule has 0 aliphatic carbocycles. The highest BCUT2D eigenvalue weighted by molar-refractivity contribution is 7.18. The van der Waals surface area contributed by atoms with E-state index in [0.717, 1.165) is 15.2 Å². The van der Waals surface area contributed by atoms with Gasteiger partial charge in [0.2, 0.25) is 0 Å². The number of hydrogen-bond donors (Lipinski definition) is 0. The van der Waals surface area contributed by atoms with Crippen LogP contribution in [0.1, 0.15) is 10.6 Å². The van der Waals surface area contributed by atoms with Gasteiger partial charge in [-0.2, -0.15) is 5.26 Å². The number of hydrogen-bond acceptors (Lipinski definition) is 4. The minimum absolute atomic E-state index is 0.207. The molecule has 6 heteroatoms. The minimum atomic E-state index is -0.207. The van der Waals surface area contributed by atoms with Gasteiger partial charge < -0.3 is 4.57 Å². The second kappa shape index (κ2) is 5.08. The van der Waals surface area contributed by atoms with E-state index in [0.29, 0.717) is 17.1 Å². The molecule has 98 valence electrons. The van der Waals surface area contributed by atoms with Gasteiger partial charge in [-0.25, -0.2) is 4.98 Å². The highest BCUT2D eigenvalue weighted by Gasteiger charge is 2.06. The van der Waals surface area contributed by atoms with Gasteiger partial charge in [0.1, 0.15) is 5.01 Å². The summed E-state index contributed by atoms with van der Waals surface area (Å²) >= 11 is 7.45. The smallest absolute Gasteiger partial charge is 0.252 e. The SMILES string of the molecule is N#Cc1ccn(Cc2nc3cc(Cl)ccc3s2)c(=O)c1. The Morgan fingerprint density at radius 3 is 2.95 bits per heavy atom. The molecule has 0 fully saturated rings. The molecule has 0 N–H and O–H groups in total. The van der Waals surface area contributed by atoms with Crippen LogP contribution in [0.5, 0.6) is 0 Å². The van der Waals surface area contributed by atoms with Crippen LogP contribution >= 0.6 is 22.9 Å². The molecule has 4 nitrogen and oxygen atoms in total. The van der Waals surface area contributed by atoms with Crippen molar-refractivity contribution >= 4 is 33.2 Å². The first-order valence-electron chi connectivity index (χ1n) is 5.81. The van der Waals surface area contributed by atoms with E-state index in [1.165, 1.54) is 22.0 Å². The predicted octanol–water partition coefficient (Wildman–Crippen LogP) is 3.03. The van der Waals surface area contributed by atoms with E-state index in [-0.39, 0.29) is 5.56 Å². The van der Waals surface area contributed by atoms with Gasteiger partial charge in [0, 0.05) is 17.3 Å². The van der Waals surface area contributed by atoms with Crippen molar-refractivity contribution in [2.24, 2.45) is 0 Å². The molecule has 0 atom stereocenters. The summed E-state index contributed by atoms with van der Waals surface area (Å²) in [6, 6.07) is 10.4. The van der Waals surface area contributed by atoms with Crippen LogP contribution in [0, 0.1) is 11.3 Å². The van der Waals surface area contributed by atoms with Gasteiger partial charge in [-0.3, -0.25) is 4.79 Å². The van der Waals surface area contributed by atoms with Crippen LogP contribution in [-0.2, 0) is 6.54 Å². The average molecular weight is 302 g/mol. The second-order valence-electron chi connectivity index (χ2n) is 4.21. The fourth-order valence-electron chi connectivity index (χ4n) is 1.87. The number of rotatable bonds is 2. The quantitative estimate of drug-likeness (QED) is 0.731. The maximum atomic E-state index is 11.8. The molecule has 20 heavy (non-hydrogen) atoms. The Kier molecular flexibility index (Phi) is 3.26. The van der Waals surface area contributed by atoms with Gasteiger partial charge in [-0.1, -0.05) is 11.6 Å². The van der Waals surface area contributed by atoms with E-state index in [9.17, 15) is 4.79 Å². The van der Waals surface area contributed by atoms with Crippen LogP contribution in [0.4, 0.5) is 0 Å². The number of aromatic nitrogens is 2. The van der Waals surface area contributed by atoms with Crippen LogP contribution in [0.25, 0.3) is 10.2 Å². The van der Waals surface area contributed by atoms with E-state index < -0.39 is 0 Å². The van der Waals surface area contributed by atoms with Crippen LogP contribution in [0.3, 0.4) is 0 Å². The zero-order valence-corrected chi connectivity index (χ0v) is 11.8. The summed E-state index contributed by atoms with van der Waals surface area (Å²) in [5.74, 6) is 0. The van der Waals surface area contributed by atoms with Gasteiger partial charge in [-0.15, -0.1) is 11.3 Å². The Hall–Kier alpha value is -2.16. The first-order chi connectivity index (χ1) is 9.65. The summed E-state index contributed by atoms with van der Waals surface area (Å²) in [5.41, 5.74) is 0.989. The number of pyridine rings is 1. The third-order valence-electron chi connectivity index (χ3n) is 2.82. The monoisotopic (exact) mass is 301 g/mol. The third-order valence-corrected chi connectivity index (χ3v) is 4.08. The van der Waals surface area contributed by atoms with Crippen molar-refractivity contribution in [3.05, 3.63) is 62.5 Å². The Bertz CT molecular complexity index is 891. The zero-order valence-electron chi connectivity index (χ0n) is 10.2. The molecule has 2 heterocycles. The van der Waals surface area contributed by atoms with Crippen LogP contribution in [0.15, 0.2) is 41.3 Å². The maximum Gasteiger partial charge on any atom is 0.252 e. The summed E-state index contributed by atoms with van der Waals surface area (Å²) in [6.07, 6.45) is 1.61. The van der Waals surface area contributed by atoms with Gasteiger partial charge in [0.15, 0.2) is 0 Å². The highest BCUT2D eigenvalue weighted by Crippen LogP contribution is 2.25. The summed E-state index contributed by atoms with van der Waals surface area (Å²) < 4.78 is 2.56. The highest BCUT2D eigenvalue weighted by atomic mass is 35.5. The molecule has 0 saturated carbocycles. The van der Waals surface area contributed by atoms with Crippen molar-refractivity contribution in [2.75, 3.05) is 0 Å². The lowest BCUT2D eigenvalue weighted by molar-refractivity contribution is 0.755. The number of nitriles is 1. The lowest BCUT2D eigenvalue weighted by atomic mass is 10.3. The minimum Gasteiger partial charge on any atom is -0.309 e. The normalized spacial score (nSPS) is 10.6. The van der Waals surface area contributed by atoms with Crippen molar-refractivity contribution in [3.63, 3.8) is 0 Å². The molecule has 0 aliphatic heterocycles. The van der Waals surface area contributed by atoms with E-state index >= 15 is 0 Å². The number of thiazole rings is 1. The lowest BCUT2D eigenvalue weighted by Gasteiger charge is -2.01. The standard InChI is InChI=1S/C14H8ClN3OS/c15-10-1-2-12-11(6-10)17-13(20-12)8-18-4-3-9(7-16)5-14(18)19/h1-6H,8H2. The van der Waals surface area contributed by atoms with E-state index in [1.54, 1.807) is 18.3 Å². The molecule has 0 bridgehead atoms. The fourth-order valence-corrected chi connectivity index (χ4v) is 2.98. The summed E-state index contributed by atoms with van der Waals surface area (Å²) in [6.45, 7) is 0.390. The number of nitrogens with zero attached hydrogens (tertiary/aromatic N) is 3. The molecule has 0 aliphatic rings. The van der Waals surface area contributed by atoms with Crippen molar-refractivity contribution in [1.82, 2.24) is 9.55 Å². The van der Waals surface area contributed by atoms with Gasteiger partial charge in [0.05, 0.1) is 28.4 Å². The molecule has 3 rings (SSSR count). The van der Waals surface area contributed by atoms with E-state index in [1.807, 2.05) is 18.2 Å². The van der Waals surface area contributed by atoms with E-state index in [2.05, 4.69) is 4.98 Å². The molecule has 0 unspecified atom stereocenters. The number of benzene rings is 1. The first-order valence-corrected chi connectivity index (χ1v) is 7.01. The molecule has 1 aromatic carbocycles. The topological polar surface area (TPSA) is 58.7 Å². The molecular weight excluding hydrogens is 294 g/mol. The zero-order chi connectivity index (χ0) is 14.1. The van der Waals surface area contributed by atoms with Gasteiger partial charge >= 0.3 is 0 Å². The van der Waals surface area contributed by atoms with Crippen molar-refractivity contribution in [2.45, 2.75) is 6.54 Å². The summed E-state index contributed by atoms with van der Waals surface area (Å²) in [5, 5.41) is 10.2. The van der Waals surface area contributed by atoms with Crippen molar-refractivity contribution in [3.8, 4) is 6.07 Å². The molecule has 0 amide bonds. The summed E-state index contributed by atoms with van der Waals surface area (Å²) in [4.78, 5) is 16.3. The van der Waals surface area contributed by atoms with Crippen molar-refractivity contribution in [1.29, 1.82) is 5.26 Å². The Morgan fingerprint density at radius 2 is 2.20 bits per heavy atom. The van der Waals surface area contributed by atoms with Crippen LogP contribution < -0.4 is 5.56 Å². The molecule has 2 aromatic heterocycles. The first kappa shape index (κ1) is 12.9. The second-order valence-corrected chi connectivity index (χ2v) is 5.76. The molecule has 0 spiro atoms. The molecule has 0 radical (unpaired) electrons. The number of halogens is 1. The van der Waals surface area contributed by atoms with Crippen LogP contribution in [0.2, 0.25) is 5.02 Å². The molecular formula is C14H8ClN3OS. The Balaban J connectivity index is 1.97. The molecule has 3 aromatic rings. The molecule has 0 saturated heterocycles. The fraction of sp³-hybridized carbons (Fsp3) is 0.0714. The largest absolute Gasteiger partial charge is 0.309 e. The van der Waals surface area contributed by atoms with Crippen LogP contribution in [-0.4, -0.2) is 9.55 Å². The van der Waals surface area contributed by atoms with Gasteiger partial charge in [0.25, 0.3) is 5.56 Å². The summed E-state index contributed by atoms with van der Waals surface area (Å²) in [7, 11) is 0. The maximum absolute atomic E-state index is 11.8. The van der Waals surface area contributed by atoms with Gasteiger partial charge in [-0.05, 0) is 24.3 Å². The third kappa shape index (κ3) is 2.44. The number of fused-ring (bicyclic) bond motifs is 1. The van der Waals surface area contributed by atoms with Crippen molar-refractivity contribution < 1.29 is 0 Å². The Labute approximate surface area is 123 Å². The van der Waals surface area contributed by atoms with E-state index in [4.69, 9.17) is 16.9 Å². The Morgan fingerprint density at radius 1 is 1.35 bits per heavy atom. The predicted molar refractivity (Wildman–Crippen MR) is 79.1 cm³/mol. The lowest BCUT2D eigenvalue weighted by Crippen LogP contribution is -2.19. The average Bonchev–Trinajstić information content (AvgIpc) is 2.82.